The van der Waals surface area contributed by atoms with Gasteiger partial charge in [0.2, 0.25) is 17.0 Å². The number of thioether (sulfide) groups is 1. The van der Waals surface area contributed by atoms with Crippen LogP contribution in [0.25, 0.3) is 0 Å². The third kappa shape index (κ3) is 5.47. The molecule has 0 fully saturated rings. The van der Waals surface area contributed by atoms with Gasteiger partial charge in [-0.15, -0.1) is 5.10 Å². The number of aromatic nitrogens is 3. The highest BCUT2D eigenvalue weighted by atomic mass is 35.5. The Kier molecular flexibility index (Phi) is 7.53. The van der Waals surface area contributed by atoms with Crippen molar-refractivity contribution < 1.29 is 9.18 Å². The molecule has 4 aromatic rings. The molecule has 194 valence electrons. The second-order valence-electron chi connectivity index (χ2n) is 9.43. The predicted octanol–water partition coefficient (Wildman–Crippen LogP) is 7.27. The number of hydrogen-bond donors (Lipinski definition) is 2. The van der Waals surface area contributed by atoms with Crippen molar-refractivity contribution in [3.63, 3.8) is 0 Å². The van der Waals surface area contributed by atoms with Gasteiger partial charge < -0.3 is 10.6 Å². The van der Waals surface area contributed by atoms with Crippen LogP contribution in [0.4, 0.5) is 16.0 Å². The van der Waals surface area contributed by atoms with Crippen LogP contribution in [0.5, 0.6) is 0 Å². The maximum Gasteiger partial charge on any atom is 0.235 e. The van der Waals surface area contributed by atoms with Crippen molar-refractivity contribution in [2.75, 3.05) is 10.6 Å². The summed E-state index contributed by atoms with van der Waals surface area (Å²) in [5.74, 6) is 0.0701. The summed E-state index contributed by atoms with van der Waals surface area (Å²) in [5.41, 5.74) is 3.82. The Morgan fingerprint density at radius 3 is 2.53 bits per heavy atom. The summed E-state index contributed by atoms with van der Waals surface area (Å²) in [6.07, 6.45) is 0. The Bertz CT molecular complexity index is 1470. The summed E-state index contributed by atoms with van der Waals surface area (Å²) in [6, 6.07) is 21.3. The average molecular weight is 548 g/mol. The van der Waals surface area contributed by atoms with Crippen LogP contribution in [0.3, 0.4) is 0 Å². The zero-order valence-electron chi connectivity index (χ0n) is 21.0. The molecular weight excluding hydrogens is 521 g/mol. The molecule has 0 unspecified atom stereocenters. The number of carbonyl (C=O) groups excluding carboxylic acids is 1. The van der Waals surface area contributed by atoms with Gasteiger partial charge in [0.15, 0.2) is 0 Å². The van der Waals surface area contributed by atoms with Crippen molar-refractivity contribution in [2.24, 2.45) is 5.92 Å². The van der Waals surface area contributed by atoms with Gasteiger partial charge in [-0.25, -0.2) is 9.07 Å². The number of benzene rings is 3. The predicted molar refractivity (Wildman–Crippen MR) is 151 cm³/mol. The van der Waals surface area contributed by atoms with E-state index in [9.17, 15) is 9.18 Å². The van der Waals surface area contributed by atoms with Gasteiger partial charge in [-0.3, -0.25) is 4.79 Å². The molecule has 1 aliphatic rings. The van der Waals surface area contributed by atoms with Crippen molar-refractivity contribution >= 4 is 40.9 Å². The van der Waals surface area contributed by atoms with E-state index >= 15 is 0 Å². The molecule has 1 aliphatic heterocycles. The Hall–Kier alpha value is -3.62. The molecule has 5 rings (SSSR count). The summed E-state index contributed by atoms with van der Waals surface area (Å²) in [7, 11) is 0. The molecular formula is C29H27ClFN5OS. The van der Waals surface area contributed by atoms with Gasteiger partial charge in [-0.05, 0) is 52.9 Å². The second kappa shape index (κ2) is 11.0. The number of nitrogens with zero attached hydrogens (tertiary/aromatic N) is 3. The lowest BCUT2D eigenvalue weighted by atomic mass is 9.87. The molecule has 3 aromatic carbocycles. The maximum absolute atomic E-state index is 14.1. The van der Waals surface area contributed by atoms with Crippen LogP contribution in [-0.4, -0.2) is 20.7 Å². The molecule has 9 heteroatoms. The zero-order chi connectivity index (χ0) is 26.8. The minimum absolute atomic E-state index is 0.232. The van der Waals surface area contributed by atoms with Gasteiger partial charge in [0.25, 0.3) is 0 Å². The van der Waals surface area contributed by atoms with Gasteiger partial charge in [0.1, 0.15) is 11.7 Å². The molecule has 0 spiro atoms. The molecule has 2 N–H and O–H groups in total. The highest BCUT2D eigenvalue weighted by Crippen LogP contribution is 2.39. The van der Waals surface area contributed by atoms with E-state index in [0.717, 1.165) is 5.56 Å². The van der Waals surface area contributed by atoms with Crippen LogP contribution in [0, 0.1) is 11.7 Å². The number of halogens is 2. The van der Waals surface area contributed by atoms with Crippen LogP contribution >= 0.6 is 23.4 Å². The molecule has 1 amide bonds. The van der Waals surface area contributed by atoms with E-state index < -0.39 is 12.0 Å². The van der Waals surface area contributed by atoms with E-state index in [0.29, 0.717) is 44.7 Å². The first-order valence-electron chi connectivity index (χ1n) is 12.2. The molecule has 0 aliphatic carbocycles. The van der Waals surface area contributed by atoms with Gasteiger partial charge in [0.05, 0.1) is 6.04 Å². The minimum atomic E-state index is -0.672. The fourth-order valence-electron chi connectivity index (χ4n) is 4.42. The Morgan fingerprint density at radius 1 is 1.13 bits per heavy atom. The largest absolute Gasteiger partial charge is 0.328 e. The molecule has 6 nitrogen and oxygen atoms in total. The third-order valence-electron chi connectivity index (χ3n) is 6.49. The Balaban J connectivity index is 1.49. The standard InChI is InChI=1S/C29H27ClFN5OS/c1-17(2)19-8-10-20(11-9-19)26-25(27(37)33-23-14-12-22(30)13-15-23)18(3)32-28-34-29(35-36(26)28)38-16-21-6-4-5-7-24(21)31/h4-15,17,25-26H,3,16H2,1-2H3,(H,33,37)(H,32,34,35)/t25-,26+/m0/s1. The summed E-state index contributed by atoms with van der Waals surface area (Å²) in [6.45, 7) is 8.45. The van der Waals surface area contributed by atoms with Gasteiger partial charge in [0, 0.05) is 22.2 Å². The van der Waals surface area contributed by atoms with Crippen LogP contribution in [0.1, 0.15) is 42.5 Å². The number of anilines is 2. The number of hydrogen-bond acceptors (Lipinski definition) is 5. The quantitative estimate of drug-likeness (QED) is 0.238. The summed E-state index contributed by atoms with van der Waals surface area (Å²) in [5, 5.41) is 12.0. The van der Waals surface area contributed by atoms with Crippen LogP contribution in [0.15, 0.2) is 90.2 Å². The summed E-state index contributed by atoms with van der Waals surface area (Å²) >= 11 is 7.35. The fourth-order valence-corrected chi connectivity index (χ4v) is 5.36. The van der Waals surface area contributed by atoms with E-state index in [2.05, 4.69) is 48.2 Å². The number of carbonyl (C=O) groups is 1. The van der Waals surface area contributed by atoms with E-state index in [1.54, 1.807) is 47.1 Å². The highest BCUT2D eigenvalue weighted by Gasteiger charge is 2.40. The molecule has 0 saturated heterocycles. The van der Waals surface area contributed by atoms with Gasteiger partial charge in [-0.2, -0.15) is 4.98 Å². The molecule has 2 heterocycles. The summed E-state index contributed by atoms with van der Waals surface area (Å²) in [4.78, 5) is 18.3. The summed E-state index contributed by atoms with van der Waals surface area (Å²) < 4.78 is 15.9. The van der Waals surface area contributed by atoms with Gasteiger partial charge in [-0.1, -0.05) is 86.3 Å². The monoisotopic (exact) mass is 547 g/mol. The molecule has 0 radical (unpaired) electrons. The van der Waals surface area contributed by atoms with Crippen molar-refractivity contribution in [2.45, 2.75) is 36.7 Å². The van der Waals surface area contributed by atoms with Crippen molar-refractivity contribution in [3.05, 3.63) is 113 Å². The first kappa shape index (κ1) is 26.0. The zero-order valence-corrected chi connectivity index (χ0v) is 22.6. The smallest absolute Gasteiger partial charge is 0.235 e. The van der Waals surface area contributed by atoms with E-state index in [4.69, 9.17) is 16.7 Å². The average Bonchev–Trinajstić information content (AvgIpc) is 3.31. The van der Waals surface area contributed by atoms with E-state index in [1.165, 1.54) is 23.4 Å². The first-order valence-corrected chi connectivity index (χ1v) is 13.6. The highest BCUT2D eigenvalue weighted by molar-refractivity contribution is 7.98. The number of fused-ring (bicyclic) bond motifs is 1. The number of rotatable bonds is 7. The number of amides is 1. The lowest BCUT2D eigenvalue weighted by molar-refractivity contribution is -0.119. The van der Waals surface area contributed by atoms with E-state index in [-0.39, 0.29) is 11.7 Å². The third-order valence-corrected chi connectivity index (χ3v) is 7.63. The molecule has 0 saturated carbocycles. The molecule has 1 aromatic heterocycles. The van der Waals surface area contributed by atoms with Crippen LogP contribution < -0.4 is 10.6 Å². The van der Waals surface area contributed by atoms with Crippen molar-refractivity contribution in [1.82, 2.24) is 14.8 Å². The lowest BCUT2D eigenvalue weighted by Gasteiger charge is -2.33. The van der Waals surface area contributed by atoms with Crippen LogP contribution in [0.2, 0.25) is 5.02 Å². The van der Waals surface area contributed by atoms with Crippen LogP contribution in [-0.2, 0) is 10.5 Å². The minimum Gasteiger partial charge on any atom is -0.328 e. The maximum atomic E-state index is 14.1. The Morgan fingerprint density at radius 2 is 1.84 bits per heavy atom. The Labute approximate surface area is 230 Å². The lowest BCUT2D eigenvalue weighted by Crippen LogP contribution is -2.39. The van der Waals surface area contributed by atoms with Crippen molar-refractivity contribution in [3.8, 4) is 0 Å². The number of nitrogens with one attached hydrogen (secondary N) is 2. The van der Waals surface area contributed by atoms with Crippen molar-refractivity contribution in [1.29, 1.82) is 0 Å². The second-order valence-corrected chi connectivity index (χ2v) is 10.8. The van der Waals surface area contributed by atoms with Gasteiger partial charge >= 0.3 is 0 Å². The molecule has 0 bridgehead atoms. The molecule has 2 atom stereocenters. The molecule has 38 heavy (non-hydrogen) atoms. The van der Waals surface area contributed by atoms with E-state index in [1.807, 2.05) is 12.1 Å². The normalized spacial score (nSPS) is 16.7. The topological polar surface area (TPSA) is 71.8 Å². The SMILES string of the molecule is C=C1Nc2nc(SCc3ccccc3F)nn2[C@H](c2ccc(C(C)C)cc2)[C@H]1C(=O)Nc1ccc(Cl)cc1. The fraction of sp³-hybridized carbons (Fsp3) is 0.207. The first-order chi connectivity index (χ1) is 18.3.